The zero-order valence-corrected chi connectivity index (χ0v) is 21.1. The summed E-state index contributed by atoms with van der Waals surface area (Å²) in [6.07, 6.45) is -0.846. The number of halogens is 2. The van der Waals surface area contributed by atoms with Crippen molar-refractivity contribution in [3.05, 3.63) is 46.1 Å². The molecular weight excluding hydrogens is 494 g/mol. The summed E-state index contributed by atoms with van der Waals surface area (Å²) in [5.74, 6) is -1.10. The number of aryl methyl sites for hydroxylation is 1. The fourth-order valence-electron chi connectivity index (χ4n) is 3.48. The molecule has 10 nitrogen and oxygen atoms in total. The lowest BCUT2D eigenvalue weighted by Gasteiger charge is -2.24. The summed E-state index contributed by atoms with van der Waals surface area (Å²) in [6, 6.07) is 1.57. The Labute approximate surface area is 209 Å². The van der Waals surface area contributed by atoms with E-state index in [1.54, 1.807) is 33.8 Å². The molecule has 1 aliphatic heterocycles. The number of hydrogen-bond acceptors (Lipinski definition) is 9. The highest BCUT2D eigenvalue weighted by atomic mass is 32.1. The molecule has 2 amide bonds. The smallest absolute Gasteiger partial charge is 0.410 e. The van der Waals surface area contributed by atoms with E-state index < -0.39 is 29.9 Å². The molecule has 3 aromatic heterocycles. The molecular formula is C23H24F2N6O4S. The average Bonchev–Trinajstić information content (AvgIpc) is 3.36. The lowest BCUT2D eigenvalue weighted by atomic mass is 10.0. The number of nitrogens with zero attached hydrogens (tertiary/aromatic N) is 5. The van der Waals surface area contributed by atoms with Gasteiger partial charge in [-0.2, -0.15) is 0 Å². The Morgan fingerprint density at radius 1 is 1.17 bits per heavy atom. The molecule has 0 aliphatic carbocycles. The first-order chi connectivity index (χ1) is 16.9. The van der Waals surface area contributed by atoms with Gasteiger partial charge in [-0.1, -0.05) is 11.3 Å². The SMILES string of the molecule is COc1cnc(C(F)F)nc1-c1cc(C)ncc1C(=O)Nc1nc2c(s1)CN(C(=O)OC(C)(C)C)C2. The molecule has 0 spiro atoms. The van der Waals surface area contributed by atoms with Crippen LogP contribution in [0.25, 0.3) is 11.3 Å². The number of rotatable bonds is 5. The van der Waals surface area contributed by atoms with Crippen LogP contribution >= 0.6 is 11.3 Å². The molecule has 3 aromatic rings. The zero-order chi connectivity index (χ0) is 26.2. The fraction of sp³-hybridized carbons (Fsp3) is 0.391. The van der Waals surface area contributed by atoms with E-state index in [0.29, 0.717) is 23.1 Å². The largest absolute Gasteiger partial charge is 0.493 e. The molecule has 4 rings (SSSR count). The molecule has 0 saturated carbocycles. The molecule has 36 heavy (non-hydrogen) atoms. The van der Waals surface area contributed by atoms with Gasteiger partial charge in [-0.3, -0.25) is 20.0 Å². The molecule has 0 bridgehead atoms. The van der Waals surface area contributed by atoms with E-state index in [4.69, 9.17) is 9.47 Å². The molecule has 1 aliphatic rings. The van der Waals surface area contributed by atoms with Crippen LogP contribution in [0.5, 0.6) is 5.75 Å². The third kappa shape index (κ3) is 5.40. The van der Waals surface area contributed by atoms with Crippen LogP contribution < -0.4 is 10.1 Å². The molecule has 1 N–H and O–H groups in total. The van der Waals surface area contributed by atoms with E-state index in [9.17, 15) is 18.4 Å². The molecule has 0 aromatic carbocycles. The van der Waals surface area contributed by atoms with Crippen molar-refractivity contribution >= 4 is 28.5 Å². The summed E-state index contributed by atoms with van der Waals surface area (Å²) in [6.45, 7) is 7.67. The maximum absolute atomic E-state index is 13.3. The predicted octanol–water partition coefficient (Wildman–Crippen LogP) is 4.75. The van der Waals surface area contributed by atoms with Gasteiger partial charge >= 0.3 is 6.09 Å². The first kappa shape index (κ1) is 25.4. The van der Waals surface area contributed by atoms with Gasteiger partial charge in [0.25, 0.3) is 12.3 Å². The molecule has 0 atom stereocenters. The fourth-order valence-corrected chi connectivity index (χ4v) is 4.46. The van der Waals surface area contributed by atoms with E-state index in [-0.39, 0.29) is 29.1 Å². The number of hydrogen-bond donors (Lipinski definition) is 1. The number of nitrogens with one attached hydrogen (secondary N) is 1. The Morgan fingerprint density at radius 3 is 2.56 bits per heavy atom. The van der Waals surface area contributed by atoms with E-state index in [2.05, 4.69) is 25.3 Å². The topological polar surface area (TPSA) is 119 Å². The highest BCUT2D eigenvalue weighted by Gasteiger charge is 2.31. The highest BCUT2D eigenvalue weighted by molar-refractivity contribution is 7.16. The standard InChI is InChI=1S/C23H24F2N6O4S/c1-11-6-12(17-15(34-5)8-27-19(29-17)18(24)25)13(7-26-11)20(32)30-21-28-14-9-31(10-16(14)36-21)22(33)35-23(2,3)4/h6-8,18H,9-10H2,1-5H3,(H,28,30,32). The number of alkyl halides is 2. The minimum absolute atomic E-state index is 0.0492. The summed E-state index contributed by atoms with van der Waals surface area (Å²) < 4.78 is 37.2. The first-order valence-electron chi connectivity index (χ1n) is 10.9. The van der Waals surface area contributed by atoms with Crippen molar-refractivity contribution in [3.8, 4) is 17.0 Å². The van der Waals surface area contributed by atoms with Crippen LogP contribution in [0.15, 0.2) is 18.5 Å². The Balaban J connectivity index is 1.57. The van der Waals surface area contributed by atoms with Gasteiger partial charge in [-0.05, 0) is 33.8 Å². The number of carbonyl (C=O) groups excluding carboxylic acids is 2. The molecule has 0 fully saturated rings. The lowest BCUT2D eigenvalue weighted by Crippen LogP contribution is -2.33. The van der Waals surface area contributed by atoms with Gasteiger partial charge in [-0.25, -0.2) is 28.5 Å². The number of amides is 2. The monoisotopic (exact) mass is 518 g/mol. The Hall–Kier alpha value is -3.74. The van der Waals surface area contributed by atoms with Gasteiger partial charge in [0.15, 0.2) is 16.7 Å². The van der Waals surface area contributed by atoms with Crippen molar-refractivity contribution in [3.63, 3.8) is 0 Å². The average molecular weight is 519 g/mol. The van der Waals surface area contributed by atoms with Gasteiger partial charge in [0.1, 0.15) is 11.3 Å². The van der Waals surface area contributed by atoms with Crippen molar-refractivity contribution in [1.29, 1.82) is 0 Å². The Bertz CT molecular complexity index is 1300. The van der Waals surface area contributed by atoms with Crippen LogP contribution in [0, 0.1) is 6.92 Å². The lowest BCUT2D eigenvalue weighted by molar-refractivity contribution is 0.0241. The molecule has 190 valence electrons. The molecule has 4 heterocycles. The summed E-state index contributed by atoms with van der Waals surface area (Å²) in [5.41, 5.74) is 1.03. The maximum atomic E-state index is 13.3. The van der Waals surface area contributed by atoms with Crippen molar-refractivity contribution in [2.75, 3.05) is 12.4 Å². The van der Waals surface area contributed by atoms with Gasteiger partial charge in [0.05, 0.1) is 42.5 Å². The number of thiazole rings is 1. The zero-order valence-electron chi connectivity index (χ0n) is 20.3. The van der Waals surface area contributed by atoms with Gasteiger partial charge < -0.3 is 9.47 Å². The summed E-state index contributed by atoms with van der Waals surface area (Å²) in [7, 11) is 1.36. The molecule has 0 radical (unpaired) electrons. The Kier molecular flexibility index (Phi) is 6.85. The number of aromatic nitrogens is 4. The normalized spacial score (nSPS) is 13.1. The minimum atomic E-state index is -2.90. The second kappa shape index (κ2) is 9.72. The van der Waals surface area contributed by atoms with E-state index in [1.165, 1.54) is 29.5 Å². The Morgan fingerprint density at radius 2 is 1.92 bits per heavy atom. The van der Waals surface area contributed by atoms with Gasteiger partial charge in [-0.15, -0.1) is 0 Å². The van der Waals surface area contributed by atoms with Crippen LogP contribution in [-0.2, 0) is 17.8 Å². The van der Waals surface area contributed by atoms with Crippen molar-refractivity contribution in [2.24, 2.45) is 0 Å². The number of methoxy groups -OCH3 is 1. The maximum Gasteiger partial charge on any atom is 0.410 e. The molecule has 0 unspecified atom stereocenters. The summed E-state index contributed by atoms with van der Waals surface area (Å²) >= 11 is 1.24. The minimum Gasteiger partial charge on any atom is -0.493 e. The third-order valence-corrected chi connectivity index (χ3v) is 6.05. The number of pyridine rings is 1. The summed E-state index contributed by atoms with van der Waals surface area (Å²) in [4.78, 5) is 44.1. The van der Waals surface area contributed by atoms with Crippen LogP contribution in [0.1, 0.15) is 59.6 Å². The first-order valence-corrected chi connectivity index (χ1v) is 11.7. The van der Waals surface area contributed by atoms with E-state index in [0.717, 1.165) is 11.1 Å². The predicted molar refractivity (Wildman–Crippen MR) is 127 cm³/mol. The second-order valence-electron chi connectivity index (χ2n) is 9.00. The number of anilines is 1. The third-order valence-electron chi connectivity index (χ3n) is 5.05. The van der Waals surface area contributed by atoms with Crippen LogP contribution in [-0.4, -0.2) is 49.5 Å². The van der Waals surface area contributed by atoms with Gasteiger partial charge in [0.2, 0.25) is 0 Å². The van der Waals surface area contributed by atoms with E-state index in [1.807, 2.05) is 0 Å². The highest BCUT2D eigenvalue weighted by Crippen LogP contribution is 2.34. The molecule has 0 saturated heterocycles. The number of carbonyl (C=O) groups is 2. The number of fused-ring (bicyclic) bond motifs is 1. The van der Waals surface area contributed by atoms with Crippen LogP contribution in [0.4, 0.5) is 18.7 Å². The van der Waals surface area contributed by atoms with Gasteiger partial charge in [0, 0.05) is 17.5 Å². The van der Waals surface area contributed by atoms with Crippen molar-refractivity contribution in [1.82, 2.24) is 24.8 Å². The molecule has 13 heteroatoms. The van der Waals surface area contributed by atoms with E-state index >= 15 is 0 Å². The second-order valence-corrected chi connectivity index (χ2v) is 10.1. The number of ether oxygens (including phenoxy) is 2. The van der Waals surface area contributed by atoms with Crippen LogP contribution in [0.3, 0.4) is 0 Å². The van der Waals surface area contributed by atoms with Crippen molar-refractivity contribution in [2.45, 2.75) is 52.8 Å². The van der Waals surface area contributed by atoms with Crippen molar-refractivity contribution < 1.29 is 27.8 Å². The van der Waals surface area contributed by atoms with Crippen LogP contribution in [0.2, 0.25) is 0 Å². The summed E-state index contributed by atoms with van der Waals surface area (Å²) in [5, 5.41) is 3.07. The quantitative estimate of drug-likeness (QED) is 0.514.